The van der Waals surface area contributed by atoms with E-state index in [0.717, 1.165) is 6.42 Å². The van der Waals surface area contributed by atoms with Crippen molar-refractivity contribution in [1.29, 1.82) is 0 Å². The van der Waals surface area contributed by atoms with E-state index >= 15 is 0 Å². The van der Waals surface area contributed by atoms with E-state index in [1.165, 1.54) is 38.9 Å². The molecule has 1 aliphatic carbocycles. The largest absolute Gasteiger partial charge is 0.0795 e. The normalized spacial score (nSPS) is 12.8. The van der Waals surface area contributed by atoms with Crippen molar-refractivity contribution < 1.29 is 0 Å². The lowest BCUT2D eigenvalue weighted by Gasteiger charge is -2.15. The molecule has 18 heavy (non-hydrogen) atoms. The Bertz CT molecular complexity index is 645. The fraction of sp³-hybridized carbons (Fsp3) is 0.222. The van der Waals surface area contributed by atoms with Crippen molar-refractivity contribution in [3.63, 3.8) is 0 Å². The molecule has 0 spiro atoms. The van der Waals surface area contributed by atoms with E-state index in [4.69, 9.17) is 0 Å². The summed E-state index contributed by atoms with van der Waals surface area (Å²) in [5, 5.41) is 0. The number of aryl methyl sites for hydroxylation is 3. The first-order chi connectivity index (χ1) is 8.66. The molecule has 2 aromatic rings. The van der Waals surface area contributed by atoms with Crippen LogP contribution in [-0.4, -0.2) is 0 Å². The molecule has 3 rings (SSSR count). The van der Waals surface area contributed by atoms with Gasteiger partial charge in [-0.05, 0) is 60.6 Å². The van der Waals surface area contributed by atoms with Gasteiger partial charge in [-0.3, -0.25) is 0 Å². The molecule has 0 bridgehead atoms. The lowest BCUT2D eigenvalue weighted by molar-refractivity contribution is 1.28. The standard InChI is InChI=1S/C18H18/c1-12-7-8-13(2)17(11-12)18-14(3)9-10-15-5-4-6-16(15)18/h4,6-11H,5H2,1-3H3. The predicted molar refractivity (Wildman–Crippen MR) is 78.8 cm³/mol. The SMILES string of the molecule is Cc1ccc(C)c(-c2c(C)ccc3c2C=CC3)c1. The van der Waals surface area contributed by atoms with Crippen molar-refractivity contribution in [3.05, 3.63) is 64.2 Å². The van der Waals surface area contributed by atoms with Crippen LogP contribution in [0.25, 0.3) is 17.2 Å². The first-order valence-electron chi connectivity index (χ1n) is 6.53. The second-order valence-corrected chi connectivity index (χ2v) is 5.26. The first kappa shape index (κ1) is 11.3. The quantitative estimate of drug-likeness (QED) is 0.661. The third-order valence-electron chi connectivity index (χ3n) is 3.83. The summed E-state index contributed by atoms with van der Waals surface area (Å²) in [5.74, 6) is 0. The molecule has 1 aliphatic rings. The predicted octanol–water partition coefficient (Wildman–Crippen LogP) is 4.85. The van der Waals surface area contributed by atoms with Gasteiger partial charge < -0.3 is 0 Å². The molecule has 0 saturated heterocycles. The van der Waals surface area contributed by atoms with E-state index in [2.05, 4.69) is 63.3 Å². The van der Waals surface area contributed by atoms with E-state index < -0.39 is 0 Å². The number of allylic oxidation sites excluding steroid dienone is 1. The molecule has 0 radical (unpaired) electrons. The Kier molecular flexibility index (Phi) is 2.59. The summed E-state index contributed by atoms with van der Waals surface area (Å²) in [7, 11) is 0. The van der Waals surface area contributed by atoms with Gasteiger partial charge in [-0.15, -0.1) is 0 Å². The van der Waals surface area contributed by atoms with Gasteiger partial charge in [0.25, 0.3) is 0 Å². The Balaban J connectivity index is 2.32. The third kappa shape index (κ3) is 1.69. The molecule has 0 heteroatoms. The molecular formula is C18H18. The van der Waals surface area contributed by atoms with E-state index in [0.29, 0.717) is 0 Å². The van der Waals surface area contributed by atoms with Crippen LogP contribution >= 0.6 is 0 Å². The van der Waals surface area contributed by atoms with Gasteiger partial charge in [0.15, 0.2) is 0 Å². The second kappa shape index (κ2) is 4.13. The summed E-state index contributed by atoms with van der Waals surface area (Å²) in [6.45, 7) is 6.58. The minimum atomic E-state index is 1.08. The lowest BCUT2D eigenvalue weighted by atomic mass is 9.89. The lowest BCUT2D eigenvalue weighted by Crippen LogP contribution is -1.94. The summed E-state index contributed by atoms with van der Waals surface area (Å²) in [6, 6.07) is 11.2. The Morgan fingerprint density at radius 3 is 2.50 bits per heavy atom. The topological polar surface area (TPSA) is 0 Å². The minimum Gasteiger partial charge on any atom is -0.0795 e. The molecule has 0 fully saturated rings. The van der Waals surface area contributed by atoms with Crippen LogP contribution in [0.4, 0.5) is 0 Å². The van der Waals surface area contributed by atoms with Gasteiger partial charge in [-0.25, -0.2) is 0 Å². The van der Waals surface area contributed by atoms with Gasteiger partial charge >= 0.3 is 0 Å². The van der Waals surface area contributed by atoms with Gasteiger partial charge in [0, 0.05) is 0 Å². The highest BCUT2D eigenvalue weighted by molar-refractivity contribution is 5.83. The number of fused-ring (bicyclic) bond motifs is 1. The maximum atomic E-state index is 2.31. The van der Waals surface area contributed by atoms with Crippen LogP contribution in [0.2, 0.25) is 0 Å². The zero-order valence-electron chi connectivity index (χ0n) is 11.2. The van der Waals surface area contributed by atoms with E-state index in [1.54, 1.807) is 0 Å². The van der Waals surface area contributed by atoms with Crippen LogP contribution < -0.4 is 0 Å². The van der Waals surface area contributed by atoms with Crippen LogP contribution in [0.15, 0.2) is 36.4 Å². The summed E-state index contributed by atoms with van der Waals surface area (Å²) in [4.78, 5) is 0. The first-order valence-corrected chi connectivity index (χ1v) is 6.53. The summed E-state index contributed by atoms with van der Waals surface area (Å²) in [5.41, 5.74) is 9.74. The zero-order valence-corrected chi connectivity index (χ0v) is 11.2. The molecule has 0 unspecified atom stereocenters. The zero-order chi connectivity index (χ0) is 12.7. The fourth-order valence-electron chi connectivity index (χ4n) is 2.81. The van der Waals surface area contributed by atoms with Crippen LogP contribution in [-0.2, 0) is 6.42 Å². The fourth-order valence-corrected chi connectivity index (χ4v) is 2.81. The molecular weight excluding hydrogens is 216 g/mol. The van der Waals surface area contributed by atoms with Crippen LogP contribution in [0.1, 0.15) is 27.8 Å². The smallest absolute Gasteiger partial charge is 0.00766 e. The average Bonchev–Trinajstić information content (AvgIpc) is 2.81. The van der Waals surface area contributed by atoms with Crippen LogP contribution in [0, 0.1) is 20.8 Å². The Morgan fingerprint density at radius 2 is 1.67 bits per heavy atom. The Morgan fingerprint density at radius 1 is 0.889 bits per heavy atom. The van der Waals surface area contributed by atoms with Crippen LogP contribution in [0.5, 0.6) is 0 Å². The maximum absolute atomic E-state index is 2.31. The number of rotatable bonds is 1. The van der Waals surface area contributed by atoms with Crippen molar-refractivity contribution in [1.82, 2.24) is 0 Å². The van der Waals surface area contributed by atoms with Crippen molar-refractivity contribution in [3.8, 4) is 11.1 Å². The molecule has 0 saturated carbocycles. The highest BCUT2D eigenvalue weighted by atomic mass is 14.2. The van der Waals surface area contributed by atoms with E-state index in [9.17, 15) is 0 Å². The second-order valence-electron chi connectivity index (χ2n) is 5.26. The highest BCUT2D eigenvalue weighted by Gasteiger charge is 2.15. The van der Waals surface area contributed by atoms with E-state index in [1.807, 2.05) is 0 Å². The van der Waals surface area contributed by atoms with Gasteiger partial charge in [-0.2, -0.15) is 0 Å². The number of hydrogen-bond acceptors (Lipinski definition) is 0. The Labute approximate surface area is 109 Å². The molecule has 0 nitrogen and oxygen atoms in total. The van der Waals surface area contributed by atoms with Gasteiger partial charge in [0.05, 0.1) is 0 Å². The van der Waals surface area contributed by atoms with Gasteiger partial charge in [-0.1, -0.05) is 48.0 Å². The Hall–Kier alpha value is -1.82. The summed E-state index contributed by atoms with van der Waals surface area (Å²) < 4.78 is 0. The molecule has 0 atom stereocenters. The third-order valence-corrected chi connectivity index (χ3v) is 3.83. The number of hydrogen-bond donors (Lipinski definition) is 0. The molecule has 0 aromatic heterocycles. The minimum absolute atomic E-state index is 1.08. The number of benzene rings is 2. The summed E-state index contributed by atoms with van der Waals surface area (Å²) in [6.07, 6.45) is 5.62. The van der Waals surface area contributed by atoms with Crippen LogP contribution in [0.3, 0.4) is 0 Å². The maximum Gasteiger partial charge on any atom is -0.00766 e. The van der Waals surface area contributed by atoms with Gasteiger partial charge in [0.2, 0.25) is 0 Å². The monoisotopic (exact) mass is 234 g/mol. The molecule has 0 amide bonds. The van der Waals surface area contributed by atoms with Crippen molar-refractivity contribution >= 4 is 6.08 Å². The van der Waals surface area contributed by atoms with Crippen molar-refractivity contribution in [2.75, 3.05) is 0 Å². The van der Waals surface area contributed by atoms with Crippen molar-refractivity contribution in [2.45, 2.75) is 27.2 Å². The average molecular weight is 234 g/mol. The summed E-state index contributed by atoms with van der Waals surface area (Å²) >= 11 is 0. The van der Waals surface area contributed by atoms with Gasteiger partial charge in [0.1, 0.15) is 0 Å². The molecule has 0 aliphatic heterocycles. The molecule has 0 heterocycles. The molecule has 90 valence electrons. The highest BCUT2D eigenvalue weighted by Crippen LogP contribution is 2.36. The molecule has 2 aromatic carbocycles. The molecule has 0 N–H and O–H groups in total. The van der Waals surface area contributed by atoms with E-state index in [-0.39, 0.29) is 0 Å². The van der Waals surface area contributed by atoms with Crippen molar-refractivity contribution in [2.24, 2.45) is 0 Å².